The van der Waals surface area contributed by atoms with E-state index >= 15 is 4.39 Å². The summed E-state index contributed by atoms with van der Waals surface area (Å²) in [5, 5.41) is 0. The molecule has 1 amide bonds. The lowest BCUT2D eigenvalue weighted by atomic mass is 9.82. The highest BCUT2D eigenvalue weighted by Gasteiger charge is 2.29. The van der Waals surface area contributed by atoms with Gasteiger partial charge < -0.3 is 15.4 Å². The summed E-state index contributed by atoms with van der Waals surface area (Å²) in [6.07, 6.45) is 3.48. The number of nitrogens with zero attached hydrogens (tertiary/aromatic N) is 4. The van der Waals surface area contributed by atoms with Gasteiger partial charge in [-0.2, -0.15) is 8.78 Å². The van der Waals surface area contributed by atoms with E-state index in [0.29, 0.717) is 30.8 Å². The van der Waals surface area contributed by atoms with Crippen LogP contribution < -0.4 is 10.5 Å². The van der Waals surface area contributed by atoms with Crippen LogP contribution in [0.5, 0.6) is 11.5 Å². The van der Waals surface area contributed by atoms with Crippen LogP contribution in [0.3, 0.4) is 0 Å². The number of amides is 1. The standard InChI is InChI=1S/C28H27ClF5N5O2/c1-14(15-4-3-7-39(12-15)22(40)11-29)8-21-23(28(35)38-13-37-21)26(36-2)17-6-5-16(9-18(17)30)41-27-24(33)19(31)10-20(32)25(27)34/h5-6,9-10,13-15H,3-4,7-8,11-12H2,1-2H3,(H2,35,37,38)/t14?,15-/m1/s1. The molecule has 41 heavy (non-hydrogen) atoms. The van der Waals surface area contributed by atoms with E-state index in [2.05, 4.69) is 15.0 Å². The first-order chi connectivity index (χ1) is 19.5. The zero-order chi connectivity index (χ0) is 29.8. The Hall–Kier alpha value is -3.80. The van der Waals surface area contributed by atoms with E-state index in [4.69, 9.17) is 22.1 Å². The van der Waals surface area contributed by atoms with Crippen LogP contribution in [0, 0.1) is 40.9 Å². The number of rotatable bonds is 8. The number of carbonyl (C=O) groups is 1. The van der Waals surface area contributed by atoms with Crippen LogP contribution in [0.1, 0.15) is 36.6 Å². The SMILES string of the molecule is CN=C(c1ccc(Oc2c(F)c(F)cc(F)c2F)cc1F)c1c(N)ncnc1CC(C)[C@@H]1CCCN(C(=O)CCl)C1. The number of carbonyl (C=O) groups excluding carboxylic acids is 1. The molecular weight excluding hydrogens is 569 g/mol. The molecule has 4 rings (SSSR count). The summed E-state index contributed by atoms with van der Waals surface area (Å²) in [4.78, 5) is 26.6. The number of alkyl halides is 1. The van der Waals surface area contributed by atoms with Gasteiger partial charge in [-0.3, -0.25) is 9.79 Å². The number of likely N-dealkylation sites (tertiary alicyclic amines) is 1. The maximum Gasteiger partial charge on any atom is 0.237 e. The van der Waals surface area contributed by atoms with Crippen LogP contribution in [0.2, 0.25) is 0 Å². The maximum atomic E-state index is 15.4. The third kappa shape index (κ3) is 6.42. The minimum atomic E-state index is -1.76. The van der Waals surface area contributed by atoms with E-state index < -0.39 is 40.6 Å². The minimum absolute atomic E-state index is 0.0413. The molecule has 2 aromatic carbocycles. The highest BCUT2D eigenvalue weighted by Crippen LogP contribution is 2.33. The summed E-state index contributed by atoms with van der Waals surface area (Å²) in [5.41, 5.74) is 7.11. The van der Waals surface area contributed by atoms with Crippen molar-refractivity contribution >= 4 is 29.0 Å². The number of aliphatic imine (C=N–C) groups is 1. The molecule has 0 radical (unpaired) electrons. The highest BCUT2D eigenvalue weighted by molar-refractivity contribution is 6.27. The molecule has 2 heterocycles. The second kappa shape index (κ2) is 12.8. The molecule has 0 aliphatic carbocycles. The molecule has 0 spiro atoms. The van der Waals surface area contributed by atoms with Crippen molar-refractivity contribution in [2.45, 2.75) is 26.2 Å². The highest BCUT2D eigenvalue weighted by atomic mass is 35.5. The second-order valence-electron chi connectivity index (χ2n) is 9.75. The molecular formula is C28H27ClF5N5O2. The Labute approximate surface area is 238 Å². The normalized spacial score (nSPS) is 16.5. The van der Waals surface area contributed by atoms with Gasteiger partial charge in [-0.25, -0.2) is 23.1 Å². The van der Waals surface area contributed by atoms with Gasteiger partial charge in [0.2, 0.25) is 23.3 Å². The summed E-state index contributed by atoms with van der Waals surface area (Å²) in [6.45, 7) is 3.24. The fourth-order valence-electron chi connectivity index (χ4n) is 4.98. The molecule has 1 saturated heterocycles. The first-order valence-corrected chi connectivity index (χ1v) is 13.3. The number of nitrogen functional groups attached to an aromatic ring is 1. The average molecular weight is 596 g/mol. The number of hydrogen-bond acceptors (Lipinski definition) is 6. The molecule has 1 unspecified atom stereocenters. The van der Waals surface area contributed by atoms with Gasteiger partial charge >= 0.3 is 0 Å². The van der Waals surface area contributed by atoms with Crippen LogP contribution >= 0.6 is 11.6 Å². The number of nitrogens with two attached hydrogens (primary N) is 1. The van der Waals surface area contributed by atoms with E-state index in [1.165, 1.54) is 19.4 Å². The largest absolute Gasteiger partial charge is 0.451 e. The zero-order valence-corrected chi connectivity index (χ0v) is 23.0. The Morgan fingerprint density at radius 3 is 2.49 bits per heavy atom. The molecule has 218 valence electrons. The first kappa shape index (κ1) is 30.2. The van der Waals surface area contributed by atoms with Crippen molar-refractivity contribution in [2.75, 3.05) is 31.8 Å². The van der Waals surface area contributed by atoms with Crippen molar-refractivity contribution in [2.24, 2.45) is 16.8 Å². The Balaban J connectivity index is 1.62. The summed E-state index contributed by atoms with van der Waals surface area (Å²) in [6, 6.07) is 3.24. The number of ether oxygens (including phenoxy) is 1. The maximum absolute atomic E-state index is 15.4. The summed E-state index contributed by atoms with van der Waals surface area (Å²) in [7, 11) is 1.43. The quantitative estimate of drug-likeness (QED) is 0.157. The van der Waals surface area contributed by atoms with E-state index in [1.54, 1.807) is 4.90 Å². The number of halogens is 6. The van der Waals surface area contributed by atoms with Gasteiger partial charge in [-0.15, -0.1) is 11.6 Å². The van der Waals surface area contributed by atoms with Gasteiger partial charge in [0.25, 0.3) is 0 Å². The predicted molar refractivity (Wildman–Crippen MR) is 144 cm³/mol. The van der Waals surface area contributed by atoms with Gasteiger partial charge in [0.1, 0.15) is 29.6 Å². The predicted octanol–water partition coefficient (Wildman–Crippen LogP) is 5.67. The van der Waals surface area contributed by atoms with Crippen molar-refractivity contribution < 1.29 is 31.5 Å². The number of hydrogen-bond donors (Lipinski definition) is 1. The van der Waals surface area contributed by atoms with Crippen molar-refractivity contribution in [3.05, 3.63) is 76.5 Å². The van der Waals surface area contributed by atoms with Crippen LogP contribution in [-0.4, -0.2) is 52.5 Å². The number of aromatic nitrogens is 2. The monoisotopic (exact) mass is 595 g/mol. The lowest BCUT2D eigenvalue weighted by Gasteiger charge is -2.35. The van der Waals surface area contributed by atoms with Crippen LogP contribution in [-0.2, 0) is 11.2 Å². The lowest BCUT2D eigenvalue weighted by Crippen LogP contribution is -2.42. The Bertz CT molecular complexity index is 1460. The molecule has 2 atom stereocenters. The van der Waals surface area contributed by atoms with Gasteiger partial charge in [0, 0.05) is 37.8 Å². The van der Waals surface area contributed by atoms with E-state index in [9.17, 15) is 22.4 Å². The van der Waals surface area contributed by atoms with E-state index in [1.807, 2.05) is 6.92 Å². The van der Waals surface area contributed by atoms with Crippen LogP contribution in [0.15, 0.2) is 35.6 Å². The van der Waals surface area contributed by atoms with Gasteiger partial charge in [-0.1, -0.05) is 6.92 Å². The molecule has 1 aliphatic heterocycles. The smallest absolute Gasteiger partial charge is 0.237 e. The Morgan fingerprint density at radius 2 is 1.85 bits per heavy atom. The Morgan fingerprint density at radius 1 is 1.15 bits per heavy atom. The van der Waals surface area contributed by atoms with E-state index in [-0.39, 0.29) is 46.8 Å². The number of benzene rings is 2. The van der Waals surface area contributed by atoms with Gasteiger partial charge in [0.15, 0.2) is 11.6 Å². The molecule has 3 aromatic rings. The van der Waals surface area contributed by atoms with Crippen LogP contribution in [0.25, 0.3) is 0 Å². The van der Waals surface area contributed by atoms with Crippen molar-refractivity contribution in [3.8, 4) is 11.5 Å². The third-order valence-electron chi connectivity index (χ3n) is 7.15. The summed E-state index contributed by atoms with van der Waals surface area (Å²) < 4.78 is 75.6. The molecule has 2 N–H and O–H groups in total. The molecule has 0 bridgehead atoms. The molecule has 13 heteroatoms. The first-order valence-electron chi connectivity index (χ1n) is 12.8. The molecule has 0 saturated carbocycles. The topological polar surface area (TPSA) is 93.7 Å². The average Bonchev–Trinajstić information content (AvgIpc) is 2.96. The Kier molecular flexibility index (Phi) is 9.42. The molecule has 1 aromatic heterocycles. The minimum Gasteiger partial charge on any atom is -0.451 e. The molecule has 1 fully saturated rings. The van der Waals surface area contributed by atoms with Crippen molar-refractivity contribution in [1.82, 2.24) is 14.9 Å². The molecule has 1 aliphatic rings. The summed E-state index contributed by atoms with van der Waals surface area (Å²) in [5.74, 6) is -9.42. The lowest BCUT2D eigenvalue weighted by molar-refractivity contribution is -0.130. The fraction of sp³-hybridized carbons (Fsp3) is 0.357. The molecule has 7 nitrogen and oxygen atoms in total. The fourth-order valence-corrected chi connectivity index (χ4v) is 5.15. The zero-order valence-electron chi connectivity index (χ0n) is 22.2. The summed E-state index contributed by atoms with van der Waals surface area (Å²) >= 11 is 5.74. The number of piperidine rings is 1. The van der Waals surface area contributed by atoms with Crippen molar-refractivity contribution in [3.63, 3.8) is 0 Å². The van der Waals surface area contributed by atoms with Gasteiger partial charge in [0.05, 0.1) is 17.0 Å². The van der Waals surface area contributed by atoms with Crippen molar-refractivity contribution in [1.29, 1.82) is 0 Å². The van der Waals surface area contributed by atoms with Crippen LogP contribution in [0.4, 0.5) is 27.8 Å². The number of anilines is 1. The third-order valence-corrected chi connectivity index (χ3v) is 7.38. The van der Waals surface area contributed by atoms with E-state index in [0.717, 1.165) is 25.0 Å². The second-order valence-corrected chi connectivity index (χ2v) is 10.0. The van der Waals surface area contributed by atoms with Gasteiger partial charge in [-0.05, 0) is 43.2 Å².